The van der Waals surface area contributed by atoms with Crippen molar-refractivity contribution >= 4 is 24.0 Å². The molecule has 3 aliphatic rings. The molecule has 3 aliphatic heterocycles. The number of anilines is 1. The lowest BCUT2D eigenvalue weighted by Gasteiger charge is -2.40. The zero-order chi connectivity index (χ0) is 30.0. The summed E-state index contributed by atoms with van der Waals surface area (Å²) in [5, 5.41) is 3.09. The van der Waals surface area contributed by atoms with Crippen molar-refractivity contribution in [2.24, 2.45) is 5.09 Å². The Morgan fingerprint density at radius 1 is 0.952 bits per heavy atom. The van der Waals surface area contributed by atoms with Gasteiger partial charge in [-0.2, -0.15) is 18.1 Å². The number of carbonyl (C=O) groups is 1. The molecule has 0 saturated carbocycles. The summed E-state index contributed by atoms with van der Waals surface area (Å²) in [5.74, 6) is -0.119. The van der Waals surface area contributed by atoms with Gasteiger partial charge in [-0.15, -0.1) is 5.09 Å². The van der Waals surface area contributed by atoms with Gasteiger partial charge in [-0.1, -0.05) is 32.1 Å². The number of rotatable bonds is 5. The quantitative estimate of drug-likeness (QED) is 0.160. The second kappa shape index (κ2) is 9.78. The smallest absolute Gasteiger partial charge is 0.416 e. The fraction of sp³-hybridized carbons (Fsp3) is 0.258. The predicted molar refractivity (Wildman–Crippen MR) is 154 cm³/mol. The van der Waals surface area contributed by atoms with Crippen LogP contribution in [-0.4, -0.2) is 43.9 Å². The topological polar surface area (TPSA) is 71.4 Å². The number of hydrogen-bond donors (Lipinski definition) is 0. The number of carbonyl (C=O) groups excluding carboxylic acids is 1. The van der Waals surface area contributed by atoms with E-state index in [0.29, 0.717) is 35.4 Å². The zero-order valence-corrected chi connectivity index (χ0v) is 23.1. The van der Waals surface area contributed by atoms with E-state index >= 15 is 0 Å². The van der Waals surface area contributed by atoms with Gasteiger partial charge in [0.05, 0.1) is 11.1 Å². The number of alkyl halides is 3. The molecular weight excluding hydrogens is 546 g/mol. The third-order valence-electron chi connectivity index (χ3n) is 8.30. The average molecular weight is 573 g/mol. The van der Waals surface area contributed by atoms with E-state index < -0.39 is 30.2 Å². The number of hydrogen-bond acceptors (Lipinski definition) is 7. The maximum Gasteiger partial charge on any atom is 0.416 e. The summed E-state index contributed by atoms with van der Waals surface area (Å²) in [6.45, 7) is 13.8. The summed E-state index contributed by atoms with van der Waals surface area (Å²) in [6, 6.07) is 13.3. The number of benzene rings is 3. The first kappa shape index (κ1) is 27.6. The summed E-state index contributed by atoms with van der Waals surface area (Å²) >= 11 is 0. The van der Waals surface area contributed by atoms with Crippen molar-refractivity contribution < 1.29 is 27.4 Å². The fourth-order valence-electron chi connectivity index (χ4n) is 5.92. The van der Waals surface area contributed by atoms with Crippen molar-refractivity contribution in [2.45, 2.75) is 25.5 Å². The van der Waals surface area contributed by atoms with Crippen LogP contribution in [0.2, 0.25) is 6.82 Å². The van der Waals surface area contributed by atoms with E-state index in [1.807, 2.05) is 19.1 Å². The van der Waals surface area contributed by atoms with Crippen molar-refractivity contribution in [2.75, 3.05) is 31.1 Å². The highest BCUT2D eigenvalue weighted by Crippen LogP contribution is 2.57. The minimum atomic E-state index is -4.63. The Labute approximate surface area is 241 Å². The lowest BCUT2D eigenvalue weighted by Crippen LogP contribution is -2.45. The first-order chi connectivity index (χ1) is 19.9. The molecule has 3 aromatic carbocycles. The Bertz CT molecular complexity index is 1670. The largest absolute Gasteiger partial charge is 0.456 e. The lowest BCUT2D eigenvalue weighted by molar-refractivity contribution is -0.137. The monoisotopic (exact) mass is 573 g/mol. The van der Waals surface area contributed by atoms with Gasteiger partial charge < -0.3 is 19.3 Å². The fourth-order valence-corrected chi connectivity index (χ4v) is 5.92. The molecule has 42 heavy (non-hydrogen) atoms. The van der Waals surface area contributed by atoms with Gasteiger partial charge in [0.15, 0.2) is 5.60 Å². The van der Waals surface area contributed by atoms with Crippen molar-refractivity contribution in [1.29, 1.82) is 0 Å². The van der Waals surface area contributed by atoms with Crippen molar-refractivity contribution in [3.05, 3.63) is 112 Å². The third-order valence-corrected chi connectivity index (χ3v) is 8.30. The Balaban J connectivity index is 1.48. The molecule has 3 heterocycles. The van der Waals surface area contributed by atoms with Gasteiger partial charge in [-0.25, -0.2) is 4.79 Å². The van der Waals surface area contributed by atoms with Gasteiger partial charge in [0.2, 0.25) is 0 Å². The average Bonchev–Trinajstić information content (AvgIpc) is 3.27. The number of allylic oxidation sites excluding steroid dienone is 1. The molecular formula is C31H27BF3N3O4. The molecule has 1 saturated heterocycles. The van der Waals surface area contributed by atoms with Crippen LogP contribution in [-0.2, 0) is 16.5 Å². The molecule has 0 N–H and O–H groups in total. The molecule has 0 radical (unpaired) electrons. The maximum atomic E-state index is 13.9. The molecule has 3 aromatic rings. The molecule has 7 nitrogen and oxygen atoms in total. The van der Waals surface area contributed by atoms with Crippen LogP contribution in [0.4, 0.5) is 18.9 Å². The van der Waals surface area contributed by atoms with Crippen LogP contribution in [0.25, 0.3) is 0 Å². The summed E-state index contributed by atoms with van der Waals surface area (Å²) in [7, 11) is 0. The van der Waals surface area contributed by atoms with Crippen LogP contribution in [0, 0.1) is 4.91 Å². The van der Waals surface area contributed by atoms with E-state index in [0.717, 1.165) is 48.2 Å². The minimum absolute atomic E-state index is 0.0479. The number of piperazine rings is 1. The van der Waals surface area contributed by atoms with E-state index in [1.165, 1.54) is 0 Å². The van der Waals surface area contributed by atoms with Gasteiger partial charge in [0, 0.05) is 60.3 Å². The predicted octanol–water partition coefficient (Wildman–Crippen LogP) is 6.08. The van der Waals surface area contributed by atoms with E-state index in [1.54, 1.807) is 31.1 Å². The SMILES string of the molecule is C=C(C)C(=C)N1CCN(c2ccc3c(c2)Oc2cc(B(C)N=O)ccc2C32OC(=O)c3ccc(C(F)(F)F)cc32)CC1. The number of nitroso groups, excluding NO2 is 1. The molecule has 1 unspecified atom stereocenters. The molecule has 0 aromatic heterocycles. The van der Waals surface area contributed by atoms with Crippen molar-refractivity contribution in [3.63, 3.8) is 0 Å². The first-order valence-electron chi connectivity index (χ1n) is 13.5. The second-order valence-corrected chi connectivity index (χ2v) is 10.8. The molecule has 6 rings (SSSR count). The summed E-state index contributed by atoms with van der Waals surface area (Å²) < 4.78 is 54.0. The summed E-state index contributed by atoms with van der Waals surface area (Å²) in [4.78, 5) is 28.8. The van der Waals surface area contributed by atoms with Crippen LogP contribution in [0.5, 0.6) is 11.5 Å². The van der Waals surface area contributed by atoms with E-state index in [2.05, 4.69) is 28.0 Å². The number of halogens is 3. The second-order valence-electron chi connectivity index (χ2n) is 10.8. The molecule has 1 fully saturated rings. The molecule has 0 bridgehead atoms. The Morgan fingerprint density at radius 3 is 2.26 bits per heavy atom. The van der Waals surface area contributed by atoms with Crippen LogP contribution >= 0.6 is 0 Å². The Hall–Kier alpha value is -4.54. The normalized spacial score (nSPS) is 18.9. The molecule has 11 heteroatoms. The minimum Gasteiger partial charge on any atom is -0.456 e. The number of fused-ring (bicyclic) bond motifs is 6. The number of nitrogens with zero attached hydrogens (tertiary/aromatic N) is 3. The first-order valence-corrected chi connectivity index (χ1v) is 13.5. The zero-order valence-electron chi connectivity index (χ0n) is 23.1. The molecule has 0 aliphatic carbocycles. The summed E-state index contributed by atoms with van der Waals surface area (Å²) in [5.41, 5.74) is 1.55. The van der Waals surface area contributed by atoms with Crippen molar-refractivity contribution in [1.82, 2.24) is 4.90 Å². The molecule has 1 atom stereocenters. The number of esters is 1. The van der Waals surface area contributed by atoms with Gasteiger partial charge in [-0.3, -0.25) is 0 Å². The van der Waals surface area contributed by atoms with Crippen LogP contribution < -0.4 is 15.1 Å². The maximum absolute atomic E-state index is 13.9. The van der Waals surface area contributed by atoms with Crippen LogP contribution in [0.3, 0.4) is 0 Å². The van der Waals surface area contributed by atoms with Crippen molar-refractivity contribution in [3.8, 4) is 11.5 Å². The van der Waals surface area contributed by atoms with E-state index in [-0.39, 0.29) is 16.9 Å². The highest BCUT2D eigenvalue weighted by molar-refractivity contribution is 6.70. The van der Waals surface area contributed by atoms with E-state index in [4.69, 9.17) is 9.47 Å². The van der Waals surface area contributed by atoms with Gasteiger partial charge >= 0.3 is 19.0 Å². The van der Waals surface area contributed by atoms with Crippen LogP contribution in [0.15, 0.2) is 84.1 Å². The van der Waals surface area contributed by atoms with Gasteiger partial charge in [0.25, 0.3) is 0 Å². The Morgan fingerprint density at radius 2 is 1.62 bits per heavy atom. The highest BCUT2D eigenvalue weighted by atomic mass is 19.4. The van der Waals surface area contributed by atoms with Gasteiger partial charge in [0.1, 0.15) is 11.5 Å². The van der Waals surface area contributed by atoms with E-state index in [9.17, 15) is 22.9 Å². The highest BCUT2D eigenvalue weighted by Gasteiger charge is 2.54. The lowest BCUT2D eigenvalue weighted by atomic mass is 9.59. The van der Waals surface area contributed by atoms with Gasteiger partial charge in [-0.05, 0) is 54.4 Å². The molecule has 214 valence electrons. The molecule has 1 spiro atoms. The number of ether oxygens (including phenoxy) is 2. The molecule has 0 amide bonds. The Kier molecular flexibility index (Phi) is 6.44. The van der Waals surface area contributed by atoms with Crippen LogP contribution in [0.1, 0.15) is 39.5 Å². The third kappa shape index (κ3) is 4.26. The standard InChI is InChI=1S/C31H27BF3N3O4/c1-18(2)19(3)37-11-13-38(14-12-37)22-7-10-25-28(17-22)41-27-16-21(32(4)36-40)6-9-24(27)30(25)26-15-20(31(33,34)35)5-8-23(26)29(39)42-30/h5-10,15-17H,1,3,11-14H2,2,4H3. The summed E-state index contributed by atoms with van der Waals surface area (Å²) in [6.07, 6.45) is -4.63.